The van der Waals surface area contributed by atoms with Crippen molar-refractivity contribution in [3.05, 3.63) is 60.1 Å². The number of H-pyrrole nitrogens is 2. The fourth-order valence-corrected chi connectivity index (χ4v) is 1.91. The van der Waals surface area contributed by atoms with Crippen LogP contribution in [0.4, 0.5) is 10.5 Å². The Labute approximate surface area is 127 Å². The van der Waals surface area contributed by atoms with Gasteiger partial charge in [0, 0.05) is 32.6 Å². The Bertz CT molecular complexity index is 965. The zero-order chi connectivity index (χ0) is 17.1. The maximum absolute atomic E-state index is 12.2. The molecular formula is C12H14N6O5. The Balaban J connectivity index is 2.43. The van der Waals surface area contributed by atoms with Gasteiger partial charge in [0.2, 0.25) is 0 Å². The first-order chi connectivity index (χ1) is 10.8. The van der Waals surface area contributed by atoms with E-state index in [9.17, 15) is 24.0 Å². The highest BCUT2D eigenvalue weighted by molar-refractivity contribution is 5.75. The molecule has 1 amide bonds. The second-order valence-corrected chi connectivity index (χ2v) is 4.59. The predicted octanol–water partition coefficient (Wildman–Crippen LogP) is -2.33. The number of carbonyl (C=O) groups excluding carboxylic acids is 1. The lowest BCUT2D eigenvalue weighted by Crippen LogP contribution is -2.48. The lowest BCUT2D eigenvalue weighted by atomic mass is 10.5. The number of carbonyl (C=O) groups is 1. The largest absolute Gasteiger partial charge is 0.351 e. The average molecular weight is 322 g/mol. The Morgan fingerprint density at radius 3 is 2.61 bits per heavy atom. The first-order valence-corrected chi connectivity index (χ1v) is 6.43. The second-order valence-electron chi connectivity index (χ2n) is 4.59. The number of aromatic amines is 2. The number of nitrogens with zero attached hydrogens (tertiary/aromatic N) is 3. The van der Waals surface area contributed by atoms with Gasteiger partial charge in [-0.2, -0.15) is 4.57 Å². The topological polar surface area (TPSA) is 142 Å². The summed E-state index contributed by atoms with van der Waals surface area (Å²) in [7, 11) is 2.79. The van der Waals surface area contributed by atoms with Gasteiger partial charge in [0.1, 0.15) is 5.69 Å². The molecule has 0 radical (unpaired) electrons. The minimum Gasteiger partial charge on any atom is -0.351 e. The third-order valence-corrected chi connectivity index (χ3v) is 3.05. The molecule has 3 N–H and O–H groups in total. The minimum absolute atomic E-state index is 0.106. The van der Waals surface area contributed by atoms with Crippen LogP contribution in [0, 0.1) is 0 Å². The maximum atomic E-state index is 12.2. The quantitative estimate of drug-likeness (QED) is 0.578. The van der Waals surface area contributed by atoms with Crippen molar-refractivity contribution in [2.24, 2.45) is 0 Å². The SMILES string of the molecule is CNC(=O)n1c(=O)ccn(CN(C)c2c[nH]c(=O)[nH]c2=O)c1=O. The maximum Gasteiger partial charge on any atom is 0.340 e. The summed E-state index contributed by atoms with van der Waals surface area (Å²) in [6.07, 6.45) is 2.40. The molecular weight excluding hydrogens is 308 g/mol. The van der Waals surface area contributed by atoms with Gasteiger partial charge in [0.15, 0.2) is 0 Å². The van der Waals surface area contributed by atoms with Crippen LogP contribution < -0.4 is 32.7 Å². The number of hydrogen-bond donors (Lipinski definition) is 3. The third-order valence-electron chi connectivity index (χ3n) is 3.05. The van der Waals surface area contributed by atoms with Gasteiger partial charge < -0.3 is 15.2 Å². The molecule has 23 heavy (non-hydrogen) atoms. The molecule has 0 aliphatic rings. The van der Waals surface area contributed by atoms with E-state index in [2.05, 4.69) is 15.3 Å². The van der Waals surface area contributed by atoms with Crippen molar-refractivity contribution in [2.45, 2.75) is 6.67 Å². The number of amides is 1. The van der Waals surface area contributed by atoms with E-state index in [0.717, 1.165) is 10.6 Å². The van der Waals surface area contributed by atoms with Gasteiger partial charge in [0.05, 0.1) is 6.67 Å². The molecule has 0 spiro atoms. The van der Waals surface area contributed by atoms with E-state index < -0.39 is 28.5 Å². The molecule has 0 saturated carbocycles. The van der Waals surface area contributed by atoms with Crippen LogP contribution >= 0.6 is 0 Å². The van der Waals surface area contributed by atoms with Crippen LogP contribution in [0.5, 0.6) is 0 Å². The van der Waals surface area contributed by atoms with Crippen molar-refractivity contribution in [1.82, 2.24) is 24.4 Å². The van der Waals surface area contributed by atoms with E-state index in [1.807, 2.05) is 0 Å². The predicted molar refractivity (Wildman–Crippen MR) is 80.9 cm³/mol. The summed E-state index contributed by atoms with van der Waals surface area (Å²) in [5, 5.41) is 2.19. The van der Waals surface area contributed by atoms with Crippen molar-refractivity contribution in [2.75, 3.05) is 19.0 Å². The van der Waals surface area contributed by atoms with Crippen LogP contribution in [0.15, 0.2) is 37.6 Å². The number of nitrogens with one attached hydrogen (secondary N) is 3. The van der Waals surface area contributed by atoms with Gasteiger partial charge >= 0.3 is 17.4 Å². The molecule has 2 rings (SSSR count). The smallest absolute Gasteiger partial charge is 0.340 e. The monoisotopic (exact) mass is 322 g/mol. The highest BCUT2D eigenvalue weighted by Crippen LogP contribution is 2.01. The summed E-state index contributed by atoms with van der Waals surface area (Å²) in [6.45, 7) is -0.120. The second kappa shape index (κ2) is 6.17. The highest BCUT2D eigenvalue weighted by atomic mass is 16.2. The standard InChI is InChI=1S/C12H14N6O5/c1-13-11(22)18-8(19)3-4-17(12(18)23)6-16(2)7-5-14-10(21)15-9(7)20/h3-5H,6H2,1-2H3,(H,13,22)(H2,14,15,20,21). The van der Waals surface area contributed by atoms with Crippen molar-refractivity contribution < 1.29 is 4.79 Å². The van der Waals surface area contributed by atoms with Gasteiger partial charge in [-0.25, -0.2) is 14.4 Å². The summed E-state index contributed by atoms with van der Waals surface area (Å²) in [4.78, 5) is 63.8. The molecule has 0 aliphatic carbocycles. The summed E-state index contributed by atoms with van der Waals surface area (Å²) in [6, 6.07) is 0.195. The Morgan fingerprint density at radius 1 is 1.30 bits per heavy atom. The highest BCUT2D eigenvalue weighted by Gasteiger charge is 2.13. The average Bonchev–Trinajstić information content (AvgIpc) is 2.49. The summed E-state index contributed by atoms with van der Waals surface area (Å²) in [5.74, 6) is 0. The number of anilines is 1. The van der Waals surface area contributed by atoms with Crippen molar-refractivity contribution in [3.8, 4) is 0 Å². The lowest BCUT2D eigenvalue weighted by Gasteiger charge is -2.19. The molecule has 0 unspecified atom stereocenters. The normalized spacial score (nSPS) is 10.3. The molecule has 2 aromatic rings. The minimum atomic E-state index is -0.862. The van der Waals surface area contributed by atoms with Gasteiger partial charge in [-0.05, 0) is 0 Å². The Morgan fingerprint density at radius 2 is 2.00 bits per heavy atom. The lowest BCUT2D eigenvalue weighted by molar-refractivity contribution is 0.242. The number of hydrogen-bond acceptors (Lipinski definition) is 6. The van der Waals surface area contributed by atoms with E-state index in [1.54, 1.807) is 0 Å². The number of aromatic nitrogens is 4. The molecule has 11 heteroatoms. The molecule has 0 bridgehead atoms. The fraction of sp³-hybridized carbons (Fsp3) is 0.250. The molecule has 0 atom stereocenters. The zero-order valence-electron chi connectivity index (χ0n) is 12.3. The molecule has 0 fully saturated rings. The Hall–Kier alpha value is -3.37. The van der Waals surface area contributed by atoms with Crippen LogP contribution in [-0.4, -0.2) is 39.2 Å². The van der Waals surface area contributed by atoms with Crippen molar-refractivity contribution in [3.63, 3.8) is 0 Å². The number of rotatable bonds is 3. The summed E-state index contributed by atoms with van der Waals surface area (Å²) >= 11 is 0. The van der Waals surface area contributed by atoms with Crippen molar-refractivity contribution >= 4 is 11.7 Å². The Kier molecular flexibility index (Phi) is 4.30. The molecule has 2 heterocycles. The fourth-order valence-electron chi connectivity index (χ4n) is 1.91. The molecule has 11 nitrogen and oxygen atoms in total. The molecule has 0 saturated heterocycles. The van der Waals surface area contributed by atoms with E-state index in [1.165, 1.54) is 31.4 Å². The van der Waals surface area contributed by atoms with E-state index in [4.69, 9.17) is 0 Å². The summed E-state index contributed by atoms with van der Waals surface area (Å²) in [5.41, 5.74) is -2.81. The van der Waals surface area contributed by atoms with Crippen LogP contribution in [0.25, 0.3) is 0 Å². The zero-order valence-corrected chi connectivity index (χ0v) is 12.3. The van der Waals surface area contributed by atoms with E-state index >= 15 is 0 Å². The first-order valence-electron chi connectivity index (χ1n) is 6.43. The van der Waals surface area contributed by atoms with E-state index in [0.29, 0.717) is 4.57 Å². The molecule has 122 valence electrons. The van der Waals surface area contributed by atoms with Crippen LogP contribution in [0.3, 0.4) is 0 Å². The molecule has 0 aromatic carbocycles. The summed E-state index contributed by atoms with van der Waals surface area (Å²) < 4.78 is 1.51. The van der Waals surface area contributed by atoms with E-state index in [-0.39, 0.29) is 12.4 Å². The molecule has 2 aromatic heterocycles. The van der Waals surface area contributed by atoms with Crippen molar-refractivity contribution in [1.29, 1.82) is 0 Å². The van der Waals surface area contributed by atoms with Crippen LogP contribution in [-0.2, 0) is 6.67 Å². The van der Waals surface area contributed by atoms with Crippen LogP contribution in [0.1, 0.15) is 0 Å². The van der Waals surface area contributed by atoms with Gasteiger partial charge in [-0.1, -0.05) is 0 Å². The first kappa shape index (κ1) is 16.0. The van der Waals surface area contributed by atoms with Gasteiger partial charge in [0.25, 0.3) is 11.1 Å². The van der Waals surface area contributed by atoms with Gasteiger partial charge in [-0.15, -0.1) is 0 Å². The van der Waals surface area contributed by atoms with Crippen LogP contribution in [0.2, 0.25) is 0 Å². The third kappa shape index (κ3) is 3.12. The molecule has 0 aliphatic heterocycles. The van der Waals surface area contributed by atoms with Gasteiger partial charge in [-0.3, -0.25) is 19.1 Å².